The lowest BCUT2D eigenvalue weighted by Crippen LogP contribution is -2.27. The summed E-state index contributed by atoms with van der Waals surface area (Å²) in [7, 11) is 0. The fraction of sp³-hybridized carbons (Fsp3) is 0.667. The van der Waals surface area contributed by atoms with E-state index in [9.17, 15) is 9.70 Å². The molecule has 2 atom stereocenters. The Morgan fingerprint density at radius 2 is 2.46 bits per heavy atom. The van der Waals surface area contributed by atoms with Gasteiger partial charge in [0.05, 0.1) is 24.3 Å². The van der Waals surface area contributed by atoms with Crippen molar-refractivity contribution in [1.29, 1.82) is 0 Å². The van der Waals surface area contributed by atoms with Gasteiger partial charge in [0.2, 0.25) is 0 Å². The van der Waals surface area contributed by atoms with Crippen molar-refractivity contribution in [1.82, 2.24) is 5.01 Å². The SMILES string of the molecule is O=NN1CC2ON=C(C(=O)O)C2C1. The van der Waals surface area contributed by atoms with Crippen molar-refractivity contribution in [2.75, 3.05) is 13.1 Å². The topological polar surface area (TPSA) is 91.6 Å². The van der Waals surface area contributed by atoms with Gasteiger partial charge in [-0.05, 0) is 0 Å². The number of aliphatic carboxylic acids is 1. The number of carbonyl (C=O) groups is 1. The van der Waals surface area contributed by atoms with Crippen LogP contribution in [0.2, 0.25) is 0 Å². The van der Waals surface area contributed by atoms with Crippen molar-refractivity contribution in [2.24, 2.45) is 16.4 Å². The molecule has 0 amide bonds. The number of carboxylic acid groups (broad SMARTS) is 1. The molecule has 2 aliphatic rings. The molecule has 2 heterocycles. The first-order chi connectivity index (χ1) is 6.22. The minimum absolute atomic E-state index is 0.0175. The fourth-order valence-electron chi connectivity index (χ4n) is 1.58. The van der Waals surface area contributed by atoms with Gasteiger partial charge in [-0.2, -0.15) is 0 Å². The lowest BCUT2D eigenvalue weighted by atomic mass is 10.0. The molecule has 13 heavy (non-hydrogen) atoms. The van der Waals surface area contributed by atoms with Crippen LogP contribution in [0.3, 0.4) is 0 Å². The number of nitroso groups, excluding NO2 is 1. The molecule has 0 aliphatic carbocycles. The van der Waals surface area contributed by atoms with E-state index < -0.39 is 5.97 Å². The highest BCUT2D eigenvalue weighted by Crippen LogP contribution is 2.26. The maximum absolute atomic E-state index is 10.6. The summed E-state index contributed by atoms with van der Waals surface area (Å²) in [6.45, 7) is 0.591. The molecule has 0 radical (unpaired) electrons. The lowest BCUT2D eigenvalue weighted by molar-refractivity contribution is -0.129. The van der Waals surface area contributed by atoms with E-state index in [1.165, 1.54) is 5.01 Å². The Morgan fingerprint density at radius 1 is 1.69 bits per heavy atom. The second-order valence-electron chi connectivity index (χ2n) is 2.99. The summed E-state index contributed by atoms with van der Waals surface area (Å²) in [5.41, 5.74) is -0.0175. The molecular formula is C6H7N3O4. The maximum atomic E-state index is 10.6. The molecule has 0 aromatic rings. The van der Waals surface area contributed by atoms with E-state index in [2.05, 4.69) is 10.4 Å². The highest BCUT2D eigenvalue weighted by molar-refractivity contribution is 6.36. The monoisotopic (exact) mass is 185 g/mol. The molecular weight excluding hydrogens is 178 g/mol. The van der Waals surface area contributed by atoms with Crippen LogP contribution in [0.15, 0.2) is 10.4 Å². The molecule has 0 aromatic heterocycles. The molecule has 2 unspecified atom stereocenters. The quantitative estimate of drug-likeness (QED) is 0.582. The van der Waals surface area contributed by atoms with Crippen LogP contribution in [0.25, 0.3) is 0 Å². The van der Waals surface area contributed by atoms with E-state index in [-0.39, 0.29) is 24.3 Å². The average Bonchev–Trinajstić information content (AvgIpc) is 2.59. The first-order valence-corrected chi connectivity index (χ1v) is 3.77. The summed E-state index contributed by atoms with van der Waals surface area (Å²) in [4.78, 5) is 25.6. The molecule has 0 spiro atoms. The van der Waals surface area contributed by atoms with Crippen LogP contribution in [0.1, 0.15) is 0 Å². The number of hydrogen-bond acceptors (Lipinski definition) is 5. The van der Waals surface area contributed by atoms with Crippen LogP contribution in [-0.4, -0.2) is 41.0 Å². The highest BCUT2D eigenvalue weighted by Gasteiger charge is 2.45. The van der Waals surface area contributed by atoms with E-state index in [4.69, 9.17) is 9.94 Å². The molecule has 1 N–H and O–H groups in total. The lowest BCUT2D eigenvalue weighted by Gasteiger charge is -2.04. The zero-order chi connectivity index (χ0) is 9.42. The minimum atomic E-state index is -1.10. The summed E-state index contributed by atoms with van der Waals surface area (Å²) in [5, 5.41) is 16.1. The summed E-state index contributed by atoms with van der Waals surface area (Å²) < 4.78 is 0. The Morgan fingerprint density at radius 3 is 3.08 bits per heavy atom. The second kappa shape index (κ2) is 2.68. The van der Waals surface area contributed by atoms with Crippen LogP contribution >= 0.6 is 0 Å². The van der Waals surface area contributed by atoms with Crippen LogP contribution in [0.5, 0.6) is 0 Å². The Hall–Kier alpha value is -1.66. The van der Waals surface area contributed by atoms with Gasteiger partial charge in [0.15, 0.2) is 11.8 Å². The highest BCUT2D eigenvalue weighted by atomic mass is 16.6. The molecule has 0 bridgehead atoms. The standard InChI is InChI=1S/C6H7N3O4/c10-6(11)5-3-1-9(8-12)2-4(3)13-7-5/h3-4H,1-2H2,(H,10,11). The Bertz CT molecular complexity index is 290. The van der Waals surface area contributed by atoms with Gasteiger partial charge in [0, 0.05) is 0 Å². The summed E-state index contributed by atoms with van der Waals surface area (Å²) in [6, 6.07) is 0. The van der Waals surface area contributed by atoms with E-state index in [0.717, 1.165) is 0 Å². The van der Waals surface area contributed by atoms with Gasteiger partial charge in [-0.1, -0.05) is 5.16 Å². The fourth-order valence-corrected chi connectivity index (χ4v) is 1.58. The third kappa shape index (κ3) is 1.12. The molecule has 7 nitrogen and oxygen atoms in total. The summed E-state index contributed by atoms with van der Waals surface area (Å²) in [5.74, 6) is -1.42. The Labute approximate surface area is 72.9 Å². The first kappa shape index (κ1) is 7.96. The molecule has 0 aromatic carbocycles. The van der Waals surface area contributed by atoms with Crippen molar-refractivity contribution in [3.63, 3.8) is 0 Å². The van der Waals surface area contributed by atoms with Crippen molar-refractivity contribution in [3.05, 3.63) is 4.91 Å². The number of oxime groups is 1. The number of nitrogens with zero attached hydrogens (tertiary/aromatic N) is 3. The molecule has 1 fully saturated rings. The van der Waals surface area contributed by atoms with Gasteiger partial charge in [-0.15, -0.1) is 4.91 Å². The number of fused-ring (bicyclic) bond motifs is 1. The van der Waals surface area contributed by atoms with Crippen molar-refractivity contribution in [2.45, 2.75) is 6.10 Å². The summed E-state index contributed by atoms with van der Waals surface area (Å²) in [6.07, 6.45) is -0.330. The van der Waals surface area contributed by atoms with Crippen LogP contribution in [0.4, 0.5) is 0 Å². The van der Waals surface area contributed by atoms with Gasteiger partial charge in [0.1, 0.15) is 0 Å². The number of rotatable bonds is 2. The van der Waals surface area contributed by atoms with Gasteiger partial charge in [-0.25, -0.2) is 4.79 Å². The van der Waals surface area contributed by atoms with Crippen LogP contribution in [-0.2, 0) is 9.63 Å². The second-order valence-corrected chi connectivity index (χ2v) is 2.99. The molecule has 2 rings (SSSR count). The van der Waals surface area contributed by atoms with E-state index in [1.54, 1.807) is 0 Å². The van der Waals surface area contributed by atoms with Gasteiger partial charge in [0.25, 0.3) is 0 Å². The van der Waals surface area contributed by atoms with Gasteiger partial charge >= 0.3 is 5.97 Å². The minimum Gasteiger partial charge on any atom is -0.477 e. The molecule has 0 saturated carbocycles. The van der Waals surface area contributed by atoms with E-state index in [0.29, 0.717) is 6.54 Å². The molecule has 7 heteroatoms. The third-order valence-corrected chi connectivity index (χ3v) is 2.22. The van der Waals surface area contributed by atoms with Crippen molar-refractivity contribution in [3.8, 4) is 0 Å². The first-order valence-electron chi connectivity index (χ1n) is 3.77. The molecule has 2 aliphatic heterocycles. The molecule has 70 valence electrons. The zero-order valence-electron chi connectivity index (χ0n) is 6.58. The maximum Gasteiger partial charge on any atom is 0.354 e. The van der Waals surface area contributed by atoms with Crippen LogP contribution in [0, 0.1) is 10.8 Å². The third-order valence-electron chi connectivity index (χ3n) is 2.22. The molecule has 1 saturated heterocycles. The van der Waals surface area contributed by atoms with Crippen LogP contribution < -0.4 is 0 Å². The van der Waals surface area contributed by atoms with E-state index >= 15 is 0 Å². The van der Waals surface area contributed by atoms with Crippen molar-refractivity contribution >= 4 is 11.7 Å². The zero-order valence-corrected chi connectivity index (χ0v) is 6.58. The largest absolute Gasteiger partial charge is 0.477 e. The normalized spacial score (nSPS) is 30.8. The number of hydrogen-bond donors (Lipinski definition) is 1. The van der Waals surface area contributed by atoms with Crippen molar-refractivity contribution < 1.29 is 14.7 Å². The van der Waals surface area contributed by atoms with E-state index in [1.807, 2.05) is 0 Å². The average molecular weight is 185 g/mol. The predicted molar refractivity (Wildman–Crippen MR) is 40.8 cm³/mol. The summed E-state index contributed by atoms with van der Waals surface area (Å²) >= 11 is 0. The number of carboxylic acids is 1. The predicted octanol–water partition coefficient (Wildman–Crippen LogP) is -0.561. The van der Waals surface area contributed by atoms with Gasteiger partial charge in [-0.3, -0.25) is 5.01 Å². The van der Waals surface area contributed by atoms with Gasteiger partial charge < -0.3 is 9.94 Å². The Balaban J connectivity index is 2.13. The smallest absolute Gasteiger partial charge is 0.354 e. The Kier molecular flexibility index (Phi) is 1.64.